The summed E-state index contributed by atoms with van der Waals surface area (Å²) in [5.41, 5.74) is 3.53. The topological polar surface area (TPSA) is 12.4 Å². The van der Waals surface area contributed by atoms with Gasteiger partial charge in [0.15, 0.2) is 0 Å². The van der Waals surface area contributed by atoms with Gasteiger partial charge in [-0.25, -0.2) is 0 Å². The number of hydrogen-bond donors (Lipinski definition) is 0. The molecule has 0 aliphatic heterocycles. The van der Waals surface area contributed by atoms with Crippen LogP contribution in [0.15, 0.2) is 48.0 Å². The fourth-order valence-corrected chi connectivity index (χ4v) is 1.90. The Balaban J connectivity index is 2.54. The van der Waals surface area contributed by atoms with Crippen LogP contribution in [0.2, 0.25) is 0 Å². The first-order valence-corrected chi connectivity index (χ1v) is 7.01. The zero-order chi connectivity index (χ0) is 14.1. The second kappa shape index (κ2) is 8.47. The minimum absolute atomic E-state index is 0.738. The lowest BCUT2D eigenvalue weighted by atomic mass is 10.0. The summed E-state index contributed by atoms with van der Waals surface area (Å²) in [4.78, 5) is 4.40. The quantitative estimate of drug-likeness (QED) is 0.473. The second-order valence-corrected chi connectivity index (χ2v) is 5.14. The monoisotopic (exact) mass is 255 g/mol. The van der Waals surface area contributed by atoms with Crippen molar-refractivity contribution < 1.29 is 0 Å². The molecule has 0 saturated heterocycles. The molecule has 0 amide bonds. The maximum absolute atomic E-state index is 4.40. The lowest BCUT2D eigenvalue weighted by Crippen LogP contribution is -2.00. The maximum atomic E-state index is 4.40. The van der Waals surface area contributed by atoms with Crippen molar-refractivity contribution in [3.05, 3.63) is 54.1 Å². The van der Waals surface area contributed by atoms with Crippen LogP contribution in [0, 0.1) is 5.92 Å². The Morgan fingerprint density at radius 1 is 1.21 bits per heavy atom. The van der Waals surface area contributed by atoms with Crippen LogP contribution in [0.3, 0.4) is 0 Å². The van der Waals surface area contributed by atoms with Crippen molar-refractivity contribution in [3.63, 3.8) is 0 Å². The van der Waals surface area contributed by atoms with E-state index < -0.39 is 0 Å². The minimum Gasteiger partial charge on any atom is -0.292 e. The van der Waals surface area contributed by atoms with E-state index in [1.807, 2.05) is 13.1 Å². The van der Waals surface area contributed by atoms with Crippen LogP contribution in [-0.4, -0.2) is 12.8 Å². The van der Waals surface area contributed by atoms with E-state index in [2.05, 4.69) is 61.8 Å². The van der Waals surface area contributed by atoms with Gasteiger partial charge in [0.2, 0.25) is 0 Å². The molecular formula is C18H25N. The molecule has 1 aromatic rings. The highest BCUT2D eigenvalue weighted by Gasteiger charge is 2.01. The molecule has 19 heavy (non-hydrogen) atoms. The number of aliphatic imine (C=N–C) groups is 1. The Hall–Kier alpha value is -1.63. The first-order chi connectivity index (χ1) is 9.17. The number of allylic oxidation sites excluding steroid dienone is 2. The third kappa shape index (κ3) is 5.69. The summed E-state index contributed by atoms with van der Waals surface area (Å²) in [6.45, 7) is 8.25. The zero-order valence-corrected chi connectivity index (χ0v) is 12.4. The molecule has 1 rings (SSSR count). The Morgan fingerprint density at radius 2 is 1.89 bits per heavy atom. The molecule has 0 aromatic heterocycles. The third-order valence-electron chi connectivity index (χ3n) is 3.07. The molecule has 0 saturated carbocycles. The molecule has 0 bridgehead atoms. The zero-order valence-electron chi connectivity index (χ0n) is 12.4. The molecule has 102 valence electrons. The maximum Gasteiger partial charge on any atom is 0.0420 e. The molecule has 0 spiro atoms. The average Bonchev–Trinajstić information content (AvgIpc) is 2.43. The lowest BCUT2D eigenvalue weighted by molar-refractivity contribution is 0.662. The van der Waals surface area contributed by atoms with Crippen molar-refractivity contribution in [1.29, 1.82) is 0 Å². The summed E-state index contributed by atoms with van der Waals surface area (Å²) in [7, 11) is 1.87. The summed E-state index contributed by atoms with van der Waals surface area (Å²) in [6.07, 6.45) is 9.62. The molecule has 0 aliphatic carbocycles. The molecule has 1 aromatic carbocycles. The summed E-state index contributed by atoms with van der Waals surface area (Å²) >= 11 is 0. The van der Waals surface area contributed by atoms with E-state index in [1.54, 1.807) is 0 Å². The van der Waals surface area contributed by atoms with Crippen LogP contribution in [0.25, 0.3) is 6.08 Å². The standard InChI is InChI=1S/C18H25N/c1-5-16-11-13-17(14-12-16)18(19-4)10-8-6-7-9-15(2)3/h5-7,11-15H,1,8-10H2,2-4H3/b7-6+,19-18?. The molecule has 0 N–H and O–H groups in total. The largest absolute Gasteiger partial charge is 0.292 e. The Labute approximate surface area is 117 Å². The van der Waals surface area contributed by atoms with Crippen molar-refractivity contribution in [3.8, 4) is 0 Å². The van der Waals surface area contributed by atoms with E-state index in [0.717, 1.165) is 30.7 Å². The van der Waals surface area contributed by atoms with Gasteiger partial charge in [0.05, 0.1) is 0 Å². The van der Waals surface area contributed by atoms with Crippen molar-refractivity contribution in [1.82, 2.24) is 0 Å². The highest BCUT2D eigenvalue weighted by molar-refractivity contribution is 6.00. The minimum atomic E-state index is 0.738. The molecule has 0 aliphatic rings. The van der Waals surface area contributed by atoms with Crippen molar-refractivity contribution in [2.75, 3.05) is 7.05 Å². The highest BCUT2D eigenvalue weighted by Crippen LogP contribution is 2.11. The second-order valence-electron chi connectivity index (χ2n) is 5.14. The Bertz CT molecular complexity index is 435. The van der Waals surface area contributed by atoms with Crippen LogP contribution in [-0.2, 0) is 0 Å². The third-order valence-corrected chi connectivity index (χ3v) is 3.07. The van der Waals surface area contributed by atoms with E-state index in [4.69, 9.17) is 0 Å². The van der Waals surface area contributed by atoms with Gasteiger partial charge in [-0.15, -0.1) is 0 Å². The van der Waals surface area contributed by atoms with Gasteiger partial charge in [0.1, 0.15) is 0 Å². The van der Waals surface area contributed by atoms with Crippen molar-refractivity contribution in [2.24, 2.45) is 10.9 Å². The number of benzene rings is 1. The number of rotatable bonds is 7. The lowest BCUT2D eigenvalue weighted by Gasteiger charge is -2.05. The molecule has 0 fully saturated rings. The fourth-order valence-electron chi connectivity index (χ4n) is 1.90. The first kappa shape index (κ1) is 15.4. The van der Waals surface area contributed by atoms with Crippen LogP contribution >= 0.6 is 0 Å². The predicted octanol–water partition coefficient (Wildman–Crippen LogP) is 5.13. The van der Waals surface area contributed by atoms with Crippen LogP contribution < -0.4 is 0 Å². The van der Waals surface area contributed by atoms with E-state index in [-0.39, 0.29) is 0 Å². The van der Waals surface area contributed by atoms with Gasteiger partial charge in [-0.05, 0) is 36.3 Å². The van der Waals surface area contributed by atoms with Crippen molar-refractivity contribution in [2.45, 2.75) is 33.1 Å². The summed E-state index contributed by atoms with van der Waals surface area (Å²) in [5.74, 6) is 0.738. The van der Waals surface area contributed by atoms with E-state index in [0.29, 0.717) is 0 Å². The van der Waals surface area contributed by atoms with Gasteiger partial charge in [-0.1, -0.05) is 62.9 Å². The van der Waals surface area contributed by atoms with E-state index in [9.17, 15) is 0 Å². The number of hydrogen-bond acceptors (Lipinski definition) is 1. The van der Waals surface area contributed by atoms with E-state index in [1.165, 1.54) is 11.3 Å². The van der Waals surface area contributed by atoms with Gasteiger partial charge >= 0.3 is 0 Å². The van der Waals surface area contributed by atoms with Gasteiger partial charge < -0.3 is 0 Å². The van der Waals surface area contributed by atoms with Gasteiger partial charge in [-0.3, -0.25) is 4.99 Å². The molecule has 0 radical (unpaired) electrons. The SMILES string of the molecule is C=Cc1ccc(C(CC/C=C/CC(C)C)=NC)cc1. The highest BCUT2D eigenvalue weighted by atomic mass is 14.7. The molecule has 1 heteroatoms. The predicted molar refractivity (Wildman–Crippen MR) is 86.8 cm³/mol. The summed E-state index contributed by atoms with van der Waals surface area (Å²) in [5, 5.41) is 0. The Kier molecular flexibility index (Phi) is 6.88. The molecule has 0 heterocycles. The van der Waals surface area contributed by atoms with E-state index >= 15 is 0 Å². The van der Waals surface area contributed by atoms with Gasteiger partial charge in [-0.2, -0.15) is 0 Å². The first-order valence-electron chi connectivity index (χ1n) is 7.01. The fraction of sp³-hybridized carbons (Fsp3) is 0.389. The van der Waals surface area contributed by atoms with Crippen LogP contribution in [0.1, 0.15) is 44.2 Å². The molecule has 1 nitrogen and oxygen atoms in total. The Morgan fingerprint density at radius 3 is 2.42 bits per heavy atom. The molecule has 0 atom stereocenters. The normalized spacial score (nSPS) is 12.3. The summed E-state index contributed by atoms with van der Waals surface area (Å²) < 4.78 is 0. The smallest absolute Gasteiger partial charge is 0.0420 e. The molecular weight excluding hydrogens is 230 g/mol. The van der Waals surface area contributed by atoms with Crippen molar-refractivity contribution >= 4 is 11.8 Å². The average molecular weight is 255 g/mol. The van der Waals surface area contributed by atoms with Crippen LogP contribution in [0.4, 0.5) is 0 Å². The molecule has 0 unspecified atom stereocenters. The van der Waals surface area contributed by atoms with Gasteiger partial charge in [0.25, 0.3) is 0 Å². The van der Waals surface area contributed by atoms with Gasteiger partial charge in [0, 0.05) is 12.8 Å². The number of nitrogens with zero attached hydrogens (tertiary/aromatic N) is 1. The van der Waals surface area contributed by atoms with Crippen LogP contribution in [0.5, 0.6) is 0 Å². The summed E-state index contributed by atoms with van der Waals surface area (Å²) in [6, 6.07) is 8.42.